The number of likely N-dealkylation sites (tertiary alicyclic amines) is 1. The number of methoxy groups -OCH3 is 1. The normalized spacial score (nSPS) is 18.3. The van der Waals surface area contributed by atoms with Gasteiger partial charge in [-0.3, -0.25) is 4.21 Å². The molecule has 4 aromatic rings. The van der Waals surface area contributed by atoms with Crippen LogP contribution in [-0.2, 0) is 10.8 Å². The van der Waals surface area contributed by atoms with E-state index in [4.69, 9.17) is 26.7 Å². The van der Waals surface area contributed by atoms with Crippen molar-refractivity contribution in [2.24, 2.45) is 0 Å². The van der Waals surface area contributed by atoms with Crippen molar-refractivity contribution < 1.29 is 13.7 Å². The van der Waals surface area contributed by atoms with Crippen molar-refractivity contribution in [2.45, 2.75) is 37.1 Å². The van der Waals surface area contributed by atoms with Crippen molar-refractivity contribution >= 4 is 61.6 Å². The van der Waals surface area contributed by atoms with Gasteiger partial charge >= 0.3 is 0 Å². The Balaban J connectivity index is 1.13. The number of hydrogen-bond acceptors (Lipinski definition) is 8. The van der Waals surface area contributed by atoms with Gasteiger partial charge in [0.15, 0.2) is 16.6 Å². The van der Waals surface area contributed by atoms with E-state index in [1.165, 1.54) is 19.4 Å². The molecule has 2 fully saturated rings. The van der Waals surface area contributed by atoms with Gasteiger partial charge in [-0.2, -0.15) is 0 Å². The Morgan fingerprint density at radius 3 is 2.60 bits per heavy atom. The van der Waals surface area contributed by atoms with E-state index in [-0.39, 0.29) is 0 Å². The smallest absolute Gasteiger partial charge is 0.173 e. The van der Waals surface area contributed by atoms with Crippen LogP contribution in [0.4, 0.5) is 11.5 Å². The van der Waals surface area contributed by atoms with E-state index in [0.29, 0.717) is 23.5 Å². The zero-order valence-corrected chi connectivity index (χ0v) is 26.6. The highest BCUT2D eigenvalue weighted by molar-refractivity contribution is 7.84. The predicted molar refractivity (Wildman–Crippen MR) is 177 cm³/mol. The summed E-state index contributed by atoms with van der Waals surface area (Å²) in [7, 11) is 0.678. The van der Waals surface area contributed by atoms with Crippen LogP contribution >= 0.6 is 12.2 Å². The molecule has 2 aromatic carbocycles. The molecule has 2 saturated heterocycles. The van der Waals surface area contributed by atoms with Gasteiger partial charge in [0, 0.05) is 77.9 Å². The summed E-state index contributed by atoms with van der Waals surface area (Å²) >= 11 is 5.71. The largest absolute Gasteiger partial charge is 0.493 e. The number of nitrogens with zero attached hydrogens (tertiary/aromatic N) is 5. The first-order valence-corrected chi connectivity index (χ1v) is 16.8. The second-order valence-electron chi connectivity index (χ2n) is 11.2. The fourth-order valence-electron chi connectivity index (χ4n) is 6.06. The first-order chi connectivity index (χ1) is 20.9. The van der Waals surface area contributed by atoms with Crippen LogP contribution in [0.2, 0.25) is 0 Å². The van der Waals surface area contributed by atoms with Gasteiger partial charge in [0.2, 0.25) is 0 Å². The molecule has 6 rings (SSSR count). The Hall–Kier alpha value is -3.48. The Labute approximate surface area is 260 Å². The summed E-state index contributed by atoms with van der Waals surface area (Å²) in [4.78, 5) is 20.5. The van der Waals surface area contributed by atoms with Crippen LogP contribution in [-0.4, -0.2) is 99.4 Å². The third-order valence-electron chi connectivity index (χ3n) is 8.50. The van der Waals surface area contributed by atoms with Gasteiger partial charge in [-0.15, -0.1) is 0 Å². The molecular formula is C31H39N7O3S2. The monoisotopic (exact) mass is 621 g/mol. The van der Waals surface area contributed by atoms with Crippen LogP contribution in [0.25, 0.3) is 21.9 Å². The number of fused-ring (bicyclic) bond motifs is 3. The van der Waals surface area contributed by atoms with Crippen molar-refractivity contribution in [1.82, 2.24) is 24.8 Å². The molecule has 12 heteroatoms. The maximum absolute atomic E-state index is 11.7. The Bertz CT molecular complexity index is 1620. The average molecular weight is 622 g/mol. The summed E-state index contributed by atoms with van der Waals surface area (Å²) in [5, 5.41) is 5.98. The van der Waals surface area contributed by atoms with Gasteiger partial charge in [-0.25, -0.2) is 9.97 Å². The fraction of sp³-hybridized carbons (Fsp3) is 0.452. The van der Waals surface area contributed by atoms with Crippen LogP contribution < -0.4 is 19.7 Å². The summed E-state index contributed by atoms with van der Waals surface area (Å²) in [5.41, 5.74) is 2.62. The maximum atomic E-state index is 11.7. The van der Waals surface area contributed by atoms with Crippen molar-refractivity contribution in [3.8, 4) is 11.5 Å². The molecule has 2 aromatic heterocycles. The minimum Gasteiger partial charge on any atom is -0.493 e. The first kappa shape index (κ1) is 29.6. The third-order valence-corrected chi connectivity index (χ3v) is 9.79. The summed E-state index contributed by atoms with van der Waals surface area (Å²) in [5.74, 6) is 2.34. The number of thiocarbonyl (C=S) groups is 1. The molecule has 43 heavy (non-hydrogen) atoms. The topological polar surface area (TPSA) is 98.8 Å². The molecule has 2 aliphatic heterocycles. The van der Waals surface area contributed by atoms with Crippen LogP contribution in [0.15, 0.2) is 47.6 Å². The van der Waals surface area contributed by atoms with Gasteiger partial charge in [0.25, 0.3) is 0 Å². The molecule has 2 unspecified atom stereocenters. The Kier molecular flexibility index (Phi) is 8.96. The van der Waals surface area contributed by atoms with Crippen LogP contribution in [0.1, 0.15) is 26.2 Å². The molecule has 0 spiro atoms. The molecule has 0 bridgehead atoms. The molecule has 4 heterocycles. The second-order valence-corrected chi connectivity index (χ2v) is 13.0. The van der Waals surface area contributed by atoms with Crippen LogP contribution in [0, 0.1) is 0 Å². The standard InChI is InChI=1S/C31H39N7O3S2/c1-21-6-4-11-36(21)12-5-17-41-27-19-25-24(18-26(27)40-2)28-29(35-25)32-20-33-30(28)37-13-15-38(16-14-37)31(42)34-22-7-9-23(10-8-22)43(3)39/h7-10,18-21H,4-6,11-17H2,1-3H3,(H,34,42)(H,32,33,35). The number of ether oxygens (including phenoxy) is 2. The number of nitrogens with one attached hydrogen (secondary N) is 2. The van der Waals surface area contributed by atoms with Crippen molar-refractivity contribution in [3.05, 3.63) is 42.7 Å². The number of hydrogen-bond donors (Lipinski definition) is 2. The molecule has 0 amide bonds. The minimum absolute atomic E-state index is 0.641. The van der Waals surface area contributed by atoms with E-state index < -0.39 is 10.8 Å². The van der Waals surface area contributed by atoms with Crippen LogP contribution in [0.5, 0.6) is 11.5 Å². The number of piperazine rings is 1. The number of rotatable bonds is 9. The molecule has 228 valence electrons. The molecule has 2 N–H and O–H groups in total. The van der Waals surface area contributed by atoms with Gasteiger partial charge < -0.3 is 34.5 Å². The second kappa shape index (κ2) is 13.0. The quantitative estimate of drug-likeness (QED) is 0.203. The van der Waals surface area contributed by atoms with E-state index >= 15 is 0 Å². The van der Waals surface area contributed by atoms with Crippen molar-refractivity contribution in [3.63, 3.8) is 0 Å². The summed E-state index contributed by atoms with van der Waals surface area (Å²) in [6.45, 7) is 8.24. The lowest BCUT2D eigenvalue weighted by Crippen LogP contribution is -2.50. The zero-order valence-electron chi connectivity index (χ0n) is 25.0. The molecule has 0 aliphatic carbocycles. The summed E-state index contributed by atoms with van der Waals surface area (Å²) in [6, 6.07) is 12.3. The number of H-pyrrole nitrogens is 1. The van der Waals surface area contributed by atoms with E-state index in [1.807, 2.05) is 36.4 Å². The van der Waals surface area contributed by atoms with E-state index in [2.05, 4.69) is 36.9 Å². The zero-order chi connectivity index (χ0) is 29.9. The fourth-order valence-corrected chi connectivity index (χ4v) is 6.88. The van der Waals surface area contributed by atoms with E-state index in [1.54, 1.807) is 19.7 Å². The lowest BCUT2D eigenvalue weighted by atomic mass is 10.1. The lowest BCUT2D eigenvalue weighted by Gasteiger charge is -2.37. The van der Waals surface area contributed by atoms with Gasteiger partial charge in [0.05, 0.1) is 24.6 Å². The van der Waals surface area contributed by atoms with Crippen LogP contribution in [0.3, 0.4) is 0 Å². The highest BCUT2D eigenvalue weighted by Crippen LogP contribution is 2.38. The maximum Gasteiger partial charge on any atom is 0.173 e. The van der Waals surface area contributed by atoms with Gasteiger partial charge in [0.1, 0.15) is 17.8 Å². The van der Waals surface area contributed by atoms with E-state index in [9.17, 15) is 4.21 Å². The van der Waals surface area contributed by atoms with Gasteiger partial charge in [-0.05, 0) is 75.3 Å². The molecule has 2 atom stereocenters. The number of aromatic amines is 1. The predicted octanol–water partition coefficient (Wildman–Crippen LogP) is 4.63. The molecule has 10 nitrogen and oxygen atoms in total. The Morgan fingerprint density at radius 1 is 1.12 bits per heavy atom. The lowest BCUT2D eigenvalue weighted by molar-refractivity contribution is 0.226. The number of benzene rings is 2. The molecule has 0 saturated carbocycles. The molecule has 2 aliphatic rings. The van der Waals surface area contributed by atoms with Crippen molar-refractivity contribution in [1.29, 1.82) is 0 Å². The number of aromatic nitrogens is 3. The summed E-state index contributed by atoms with van der Waals surface area (Å²) < 4.78 is 23.7. The highest BCUT2D eigenvalue weighted by atomic mass is 32.2. The molecule has 0 radical (unpaired) electrons. The van der Waals surface area contributed by atoms with E-state index in [0.717, 1.165) is 83.2 Å². The highest BCUT2D eigenvalue weighted by Gasteiger charge is 2.24. The average Bonchev–Trinajstić information content (AvgIpc) is 3.61. The van der Waals surface area contributed by atoms with Crippen molar-refractivity contribution in [2.75, 3.05) is 69.5 Å². The Morgan fingerprint density at radius 2 is 1.91 bits per heavy atom. The third kappa shape index (κ3) is 6.41. The SMILES string of the molecule is COc1cc2c(cc1OCCCN1CCCC1C)[nH]c1ncnc(N3CCN(C(=S)Nc4ccc(S(C)=O)cc4)CC3)c12. The first-order valence-electron chi connectivity index (χ1n) is 14.9. The minimum atomic E-state index is -1.00. The number of anilines is 2. The summed E-state index contributed by atoms with van der Waals surface area (Å²) in [6.07, 6.45) is 6.85. The van der Waals surface area contributed by atoms with Gasteiger partial charge in [-0.1, -0.05) is 0 Å². The molecular weight excluding hydrogens is 583 g/mol.